The summed E-state index contributed by atoms with van der Waals surface area (Å²) in [5, 5.41) is 0. The van der Waals surface area contributed by atoms with Gasteiger partial charge in [0.1, 0.15) is 4.88 Å². The molecule has 1 atom stereocenters. The molecular weight excluding hydrogens is 402 g/mol. The Balaban J connectivity index is 2.61. The van der Waals surface area contributed by atoms with Crippen LogP contribution in [0.5, 0.6) is 0 Å². The molecule has 1 aromatic carbocycles. The number of benzene rings is 1. The standard InChI is InChI=1S/C19H23NO6S2/c1-6-11(2)13-9-7-8-10-14(13)20-28(23,24)19-15(17(21)25-4)12(3)16(27-19)18(22)26-5/h7-11,20H,6H2,1-5H3. The highest BCUT2D eigenvalue weighted by molar-refractivity contribution is 7.94. The third-order valence-electron chi connectivity index (χ3n) is 4.47. The molecule has 0 fully saturated rings. The Morgan fingerprint density at radius 2 is 1.75 bits per heavy atom. The number of esters is 2. The van der Waals surface area contributed by atoms with Crippen LogP contribution in [-0.4, -0.2) is 34.6 Å². The van der Waals surface area contributed by atoms with E-state index in [9.17, 15) is 18.0 Å². The van der Waals surface area contributed by atoms with Gasteiger partial charge in [-0.2, -0.15) is 0 Å². The molecule has 1 unspecified atom stereocenters. The first-order chi connectivity index (χ1) is 13.2. The van der Waals surface area contributed by atoms with E-state index in [-0.39, 0.29) is 26.1 Å². The van der Waals surface area contributed by atoms with Crippen molar-refractivity contribution in [1.29, 1.82) is 0 Å². The number of para-hydroxylation sites is 1. The summed E-state index contributed by atoms with van der Waals surface area (Å²) in [7, 11) is -1.81. The minimum absolute atomic E-state index is 0.0403. The maximum Gasteiger partial charge on any atom is 0.348 e. The van der Waals surface area contributed by atoms with E-state index in [1.165, 1.54) is 14.0 Å². The van der Waals surface area contributed by atoms with Gasteiger partial charge < -0.3 is 9.47 Å². The fourth-order valence-corrected chi connectivity index (χ4v) is 5.57. The fraction of sp³-hybridized carbons (Fsp3) is 0.368. The summed E-state index contributed by atoms with van der Waals surface area (Å²) in [4.78, 5) is 24.3. The highest BCUT2D eigenvalue weighted by Gasteiger charge is 2.33. The molecular formula is C19H23NO6S2. The number of sulfonamides is 1. The van der Waals surface area contributed by atoms with Crippen molar-refractivity contribution in [1.82, 2.24) is 0 Å². The van der Waals surface area contributed by atoms with E-state index in [0.717, 1.165) is 19.1 Å². The van der Waals surface area contributed by atoms with Gasteiger partial charge in [0, 0.05) is 0 Å². The van der Waals surface area contributed by atoms with Gasteiger partial charge in [0.05, 0.1) is 25.5 Å². The van der Waals surface area contributed by atoms with Crippen LogP contribution < -0.4 is 4.72 Å². The number of anilines is 1. The molecule has 0 saturated carbocycles. The van der Waals surface area contributed by atoms with Gasteiger partial charge in [-0.05, 0) is 36.5 Å². The summed E-state index contributed by atoms with van der Waals surface area (Å²) in [5.74, 6) is -1.41. The summed E-state index contributed by atoms with van der Waals surface area (Å²) in [6.07, 6.45) is 0.830. The summed E-state index contributed by atoms with van der Waals surface area (Å²) >= 11 is 0.683. The summed E-state index contributed by atoms with van der Waals surface area (Å²) in [5.41, 5.74) is 1.31. The summed E-state index contributed by atoms with van der Waals surface area (Å²) < 4.78 is 38.0. The van der Waals surface area contributed by atoms with E-state index in [2.05, 4.69) is 4.72 Å². The molecule has 0 aliphatic carbocycles. The lowest BCUT2D eigenvalue weighted by atomic mass is 9.97. The first-order valence-electron chi connectivity index (χ1n) is 8.59. The van der Waals surface area contributed by atoms with Gasteiger partial charge in [-0.1, -0.05) is 32.0 Å². The number of rotatable bonds is 7. The quantitative estimate of drug-likeness (QED) is 0.675. The van der Waals surface area contributed by atoms with Crippen molar-refractivity contribution in [3.8, 4) is 0 Å². The lowest BCUT2D eigenvalue weighted by Gasteiger charge is -2.16. The van der Waals surface area contributed by atoms with Gasteiger partial charge >= 0.3 is 11.9 Å². The number of nitrogens with one attached hydrogen (secondary N) is 1. The number of methoxy groups -OCH3 is 2. The van der Waals surface area contributed by atoms with Gasteiger partial charge in [0.25, 0.3) is 10.0 Å². The van der Waals surface area contributed by atoms with Crippen LogP contribution in [0, 0.1) is 6.92 Å². The van der Waals surface area contributed by atoms with Gasteiger partial charge in [0.15, 0.2) is 4.21 Å². The zero-order valence-electron chi connectivity index (χ0n) is 16.4. The number of thiophene rings is 1. The Morgan fingerprint density at radius 1 is 1.14 bits per heavy atom. The monoisotopic (exact) mass is 425 g/mol. The van der Waals surface area contributed by atoms with E-state index in [1.807, 2.05) is 26.0 Å². The van der Waals surface area contributed by atoms with Crippen LogP contribution in [0.25, 0.3) is 0 Å². The molecule has 1 N–H and O–H groups in total. The van der Waals surface area contributed by atoms with Crippen molar-refractivity contribution in [2.24, 2.45) is 0 Å². The van der Waals surface area contributed by atoms with Crippen molar-refractivity contribution in [3.63, 3.8) is 0 Å². The number of hydrogen-bond acceptors (Lipinski definition) is 7. The molecule has 0 aliphatic heterocycles. The van der Waals surface area contributed by atoms with Crippen molar-refractivity contribution < 1.29 is 27.5 Å². The lowest BCUT2D eigenvalue weighted by molar-refractivity contribution is 0.0596. The molecule has 1 heterocycles. The van der Waals surface area contributed by atoms with Crippen molar-refractivity contribution in [2.45, 2.75) is 37.3 Å². The molecule has 0 bridgehead atoms. The van der Waals surface area contributed by atoms with Crippen LogP contribution in [-0.2, 0) is 19.5 Å². The van der Waals surface area contributed by atoms with Crippen molar-refractivity contribution >= 4 is 39.0 Å². The van der Waals surface area contributed by atoms with E-state index in [0.29, 0.717) is 17.0 Å². The second-order valence-electron chi connectivity index (χ2n) is 6.20. The predicted octanol–water partition coefficient (Wildman–Crippen LogP) is 3.94. The molecule has 28 heavy (non-hydrogen) atoms. The number of hydrogen-bond donors (Lipinski definition) is 1. The predicted molar refractivity (Wildman–Crippen MR) is 108 cm³/mol. The molecule has 0 radical (unpaired) electrons. The average molecular weight is 426 g/mol. The summed E-state index contributed by atoms with van der Waals surface area (Å²) in [6, 6.07) is 7.08. The van der Waals surface area contributed by atoms with Crippen LogP contribution in [0.4, 0.5) is 5.69 Å². The summed E-state index contributed by atoms with van der Waals surface area (Å²) in [6.45, 7) is 5.50. The Kier molecular flexibility index (Phi) is 6.84. The van der Waals surface area contributed by atoms with Crippen LogP contribution in [0.3, 0.4) is 0 Å². The zero-order valence-corrected chi connectivity index (χ0v) is 18.0. The van der Waals surface area contributed by atoms with Crippen LogP contribution in [0.15, 0.2) is 28.5 Å². The smallest absolute Gasteiger partial charge is 0.348 e. The fourth-order valence-electron chi connectivity index (χ4n) is 2.73. The SMILES string of the molecule is CCC(C)c1ccccc1NS(=O)(=O)c1sc(C(=O)OC)c(C)c1C(=O)OC. The normalized spacial score (nSPS) is 12.3. The first kappa shape index (κ1) is 21.9. The minimum atomic E-state index is -4.15. The highest BCUT2D eigenvalue weighted by Crippen LogP contribution is 2.35. The molecule has 2 aromatic rings. The zero-order chi connectivity index (χ0) is 21.1. The average Bonchev–Trinajstić information content (AvgIpc) is 3.04. The molecule has 7 nitrogen and oxygen atoms in total. The maximum atomic E-state index is 13.1. The van der Waals surface area contributed by atoms with Crippen LogP contribution in [0.1, 0.15) is 57.3 Å². The second kappa shape index (κ2) is 8.74. The molecule has 152 valence electrons. The topological polar surface area (TPSA) is 98.8 Å². The largest absolute Gasteiger partial charge is 0.465 e. The number of carbonyl (C=O) groups is 2. The van der Waals surface area contributed by atoms with Crippen molar-refractivity contribution in [3.05, 3.63) is 45.8 Å². The van der Waals surface area contributed by atoms with Crippen LogP contribution >= 0.6 is 11.3 Å². The maximum absolute atomic E-state index is 13.1. The number of ether oxygens (including phenoxy) is 2. The van der Waals surface area contributed by atoms with E-state index in [4.69, 9.17) is 9.47 Å². The van der Waals surface area contributed by atoms with E-state index >= 15 is 0 Å². The minimum Gasteiger partial charge on any atom is -0.465 e. The van der Waals surface area contributed by atoms with E-state index in [1.54, 1.807) is 12.1 Å². The second-order valence-corrected chi connectivity index (χ2v) is 9.10. The van der Waals surface area contributed by atoms with Gasteiger partial charge in [-0.25, -0.2) is 18.0 Å². The third-order valence-corrected chi connectivity index (χ3v) is 7.62. The van der Waals surface area contributed by atoms with Crippen LogP contribution in [0.2, 0.25) is 0 Å². The molecule has 0 amide bonds. The van der Waals surface area contributed by atoms with Gasteiger partial charge in [0.2, 0.25) is 0 Å². The first-order valence-corrected chi connectivity index (χ1v) is 10.9. The molecule has 0 saturated heterocycles. The Morgan fingerprint density at radius 3 is 2.32 bits per heavy atom. The molecule has 0 aliphatic rings. The molecule has 0 spiro atoms. The Bertz CT molecular complexity index is 994. The molecule has 2 rings (SSSR count). The molecule has 9 heteroatoms. The molecule has 1 aromatic heterocycles. The van der Waals surface area contributed by atoms with Crippen molar-refractivity contribution in [2.75, 3.05) is 18.9 Å². The van der Waals surface area contributed by atoms with E-state index < -0.39 is 22.0 Å². The number of carbonyl (C=O) groups excluding carboxylic acids is 2. The van der Waals surface area contributed by atoms with Gasteiger partial charge in [-0.15, -0.1) is 11.3 Å². The third kappa shape index (κ3) is 4.20. The Hall–Kier alpha value is -2.39. The highest BCUT2D eigenvalue weighted by atomic mass is 32.2. The Labute approximate surface area is 168 Å². The lowest BCUT2D eigenvalue weighted by Crippen LogP contribution is -2.17. The van der Waals surface area contributed by atoms with Gasteiger partial charge in [-0.3, -0.25) is 4.72 Å².